The number of aromatic nitrogens is 3. The third-order valence-corrected chi connectivity index (χ3v) is 5.29. The number of para-hydroxylation sites is 1. The summed E-state index contributed by atoms with van der Waals surface area (Å²) >= 11 is 0. The minimum absolute atomic E-state index is 0.0874. The van der Waals surface area contributed by atoms with Gasteiger partial charge in [0, 0.05) is 36.0 Å². The Morgan fingerprint density at radius 1 is 1.25 bits per heavy atom. The van der Waals surface area contributed by atoms with Crippen molar-refractivity contribution < 1.29 is 9.47 Å². The summed E-state index contributed by atoms with van der Waals surface area (Å²) in [6, 6.07) is 9.40. The number of hydrogen-bond acceptors (Lipinski definition) is 5. The zero-order valence-corrected chi connectivity index (χ0v) is 16.4. The Labute approximate surface area is 163 Å². The number of nitrogens with one attached hydrogen (secondary N) is 1. The molecule has 148 valence electrons. The van der Waals surface area contributed by atoms with Crippen LogP contribution in [-0.4, -0.2) is 59.5 Å². The van der Waals surface area contributed by atoms with E-state index in [1.165, 1.54) is 4.52 Å². The number of morpholine rings is 1. The molecule has 1 aromatic carbocycles. The second-order valence-electron chi connectivity index (χ2n) is 7.11. The Hall–Kier alpha value is -2.64. The summed E-state index contributed by atoms with van der Waals surface area (Å²) < 4.78 is 12.4. The Balaban J connectivity index is 1.59. The molecule has 0 radical (unpaired) electrons. The van der Waals surface area contributed by atoms with E-state index >= 15 is 0 Å². The molecule has 0 spiro atoms. The van der Waals surface area contributed by atoms with Crippen molar-refractivity contribution in [3.63, 3.8) is 0 Å². The van der Waals surface area contributed by atoms with Gasteiger partial charge < -0.3 is 9.47 Å². The van der Waals surface area contributed by atoms with Crippen molar-refractivity contribution in [2.24, 2.45) is 0 Å². The quantitative estimate of drug-likeness (QED) is 0.708. The number of aryl methyl sites for hydroxylation is 2. The van der Waals surface area contributed by atoms with Gasteiger partial charge in [0.2, 0.25) is 0 Å². The highest BCUT2D eigenvalue weighted by atomic mass is 16.5. The second kappa shape index (κ2) is 8.16. The molecule has 0 amide bonds. The van der Waals surface area contributed by atoms with Gasteiger partial charge in [-0.3, -0.25) is 14.8 Å². The fourth-order valence-corrected chi connectivity index (χ4v) is 3.75. The van der Waals surface area contributed by atoms with Crippen LogP contribution < -0.4 is 10.3 Å². The number of H-pyrrole nitrogens is 1. The molecule has 1 N–H and O–H groups in total. The molecule has 1 aliphatic rings. The largest absolute Gasteiger partial charge is 0.496 e. The molecule has 0 bridgehead atoms. The Bertz CT molecular complexity index is 1020. The van der Waals surface area contributed by atoms with E-state index in [0.717, 1.165) is 74.0 Å². The van der Waals surface area contributed by atoms with Crippen molar-refractivity contribution >= 4 is 5.65 Å². The van der Waals surface area contributed by atoms with E-state index in [9.17, 15) is 4.79 Å². The van der Waals surface area contributed by atoms with Crippen LogP contribution in [0.3, 0.4) is 0 Å². The van der Waals surface area contributed by atoms with Gasteiger partial charge in [0.15, 0.2) is 5.65 Å². The smallest absolute Gasteiger partial charge is 0.272 e. The molecule has 3 heterocycles. The predicted molar refractivity (Wildman–Crippen MR) is 108 cm³/mol. The summed E-state index contributed by atoms with van der Waals surface area (Å²) in [7, 11) is 1.65. The van der Waals surface area contributed by atoms with E-state index < -0.39 is 0 Å². The summed E-state index contributed by atoms with van der Waals surface area (Å²) in [4.78, 5) is 19.8. The van der Waals surface area contributed by atoms with Crippen LogP contribution in [-0.2, 0) is 11.2 Å². The standard InChI is InChI=1S/C21H26N4O3/c1-15-20(17-7-3-4-8-18(17)27-2)23-25-19(26)14-16(22-21(15)25)6-5-9-24-10-12-28-13-11-24/h3-4,7-8,14,23H,5-6,9-13H2,1-2H3. The summed E-state index contributed by atoms with van der Waals surface area (Å²) in [5.74, 6) is 0.760. The molecule has 0 aliphatic carbocycles. The zero-order valence-electron chi connectivity index (χ0n) is 16.4. The van der Waals surface area contributed by atoms with E-state index in [-0.39, 0.29) is 5.56 Å². The number of fused-ring (bicyclic) bond motifs is 1. The van der Waals surface area contributed by atoms with Crippen LogP contribution in [0.4, 0.5) is 0 Å². The Morgan fingerprint density at radius 2 is 2.04 bits per heavy atom. The molecule has 2 aromatic heterocycles. The van der Waals surface area contributed by atoms with Crippen LogP contribution in [0.2, 0.25) is 0 Å². The van der Waals surface area contributed by atoms with Gasteiger partial charge in [0.1, 0.15) is 5.75 Å². The second-order valence-corrected chi connectivity index (χ2v) is 7.11. The number of rotatable bonds is 6. The predicted octanol–water partition coefficient (Wildman–Crippen LogP) is 2.27. The number of aromatic amines is 1. The lowest BCUT2D eigenvalue weighted by Crippen LogP contribution is -2.37. The van der Waals surface area contributed by atoms with Gasteiger partial charge in [-0.1, -0.05) is 12.1 Å². The van der Waals surface area contributed by atoms with E-state index in [4.69, 9.17) is 14.5 Å². The molecule has 3 aromatic rings. The number of ether oxygens (including phenoxy) is 2. The highest BCUT2D eigenvalue weighted by Crippen LogP contribution is 2.31. The molecule has 7 nitrogen and oxygen atoms in total. The molecule has 0 unspecified atom stereocenters. The van der Waals surface area contributed by atoms with Crippen LogP contribution in [0.5, 0.6) is 5.75 Å². The molecule has 1 aliphatic heterocycles. The first-order valence-electron chi connectivity index (χ1n) is 9.72. The molecular weight excluding hydrogens is 356 g/mol. The highest BCUT2D eigenvalue weighted by Gasteiger charge is 2.16. The van der Waals surface area contributed by atoms with Crippen molar-refractivity contribution in [3.8, 4) is 17.0 Å². The van der Waals surface area contributed by atoms with Crippen molar-refractivity contribution in [3.05, 3.63) is 51.9 Å². The van der Waals surface area contributed by atoms with Gasteiger partial charge >= 0.3 is 0 Å². The van der Waals surface area contributed by atoms with E-state index in [2.05, 4.69) is 10.00 Å². The topological polar surface area (TPSA) is 71.9 Å². The van der Waals surface area contributed by atoms with E-state index in [0.29, 0.717) is 5.65 Å². The van der Waals surface area contributed by atoms with Crippen LogP contribution >= 0.6 is 0 Å². The first-order chi connectivity index (χ1) is 13.7. The first-order valence-corrected chi connectivity index (χ1v) is 9.72. The van der Waals surface area contributed by atoms with E-state index in [1.807, 2.05) is 31.2 Å². The Morgan fingerprint density at radius 3 is 2.82 bits per heavy atom. The maximum Gasteiger partial charge on any atom is 0.272 e. The third kappa shape index (κ3) is 3.68. The molecule has 1 saturated heterocycles. The number of benzene rings is 1. The summed E-state index contributed by atoms with van der Waals surface area (Å²) in [5, 5.41) is 3.20. The molecule has 7 heteroatoms. The Kier molecular flexibility index (Phi) is 5.45. The van der Waals surface area contributed by atoms with Crippen LogP contribution in [0.25, 0.3) is 16.9 Å². The average Bonchev–Trinajstić information content (AvgIpc) is 3.06. The molecule has 4 rings (SSSR count). The maximum absolute atomic E-state index is 12.6. The summed E-state index contributed by atoms with van der Waals surface area (Å²) in [6.45, 7) is 6.56. The molecule has 1 fully saturated rings. The van der Waals surface area contributed by atoms with Crippen LogP contribution in [0.15, 0.2) is 35.1 Å². The van der Waals surface area contributed by atoms with Crippen molar-refractivity contribution in [1.29, 1.82) is 0 Å². The van der Waals surface area contributed by atoms with Gasteiger partial charge in [0.25, 0.3) is 5.56 Å². The van der Waals surface area contributed by atoms with Crippen molar-refractivity contribution in [2.45, 2.75) is 19.8 Å². The lowest BCUT2D eigenvalue weighted by Gasteiger charge is -2.26. The van der Waals surface area contributed by atoms with Gasteiger partial charge in [0.05, 0.1) is 26.0 Å². The number of hydrogen-bond donors (Lipinski definition) is 1. The summed E-state index contributed by atoms with van der Waals surface area (Å²) in [6.07, 6.45) is 1.77. The molecular formula is C21H26N4O3. The maximum atomic E-state index is 12.6. The van der Waals surface area contributed by atoms with Gasteiger partial charge in [-0.25, -0.2) is 9.50 Å². The van der Waals surface area contributed by atoms with E-state index in [1.54, 1.807) is 13.2 Å². The zero-order chi connectivity index (χ0) is 19.5. The van der Waals surface area contributed by atoms with Crippen LogP contribution in [0.1, 0.15) is 17.7 Å². The fourth-order valence-electron chi connectivity index (χ4n) is 3.75. The highest BCUT2D eigenvalue weighted by molar-refractivity contribution is 5.74. The lowest BCUT2D eigenvalue weighted by atomic mass is 10.1. The molecule has 0 atom stereocenters. The SMILES string of the molecule is COc1ccccc1-c1[nH]n2c(=O)cc(CCCN3CCOCC3)nc2c1C. The van der Waals surface area contributed by atoms with Crippen molar-refractivity contribution in [1.82, 2.24) is 19.5 Å². The first kappa shape index (κ1) is 18.7. The third-order valence-electron chi connectivity index (χ3n) is 5.29. The van der Waals surface area contributed by atoms with Crippen LogP contribution in [0, 0.1) is 6.92 Å². The normalized spacial score (nSPS) is 15.2. The van der Waals surface area contributed by atoms with Gasteiger partial charge in [-0.2, -0.15) is 0 Å². The minimum Gasteiger partial charge on any atom is -0.496 e. The average molecular weight is 382 g/mol. The molecule has 28 heavy (non-hydrogen) atoms. The van der Waals surface area contributed by atoms with Gasteiger partial charge in [-0.15, -0.1) is 0 Å². The van der Waals surface area contributed by atoms with Gasteiger partial charge in [-0.05, 0) is 38.4 Å². The number of methoxy groups -OCH3 is 1. The number of nitrogens with zero attached hydrogens (tertiary/aromatic N) is 3. The molecule has 0 saturated carbocycles. The fraction of sp³-hybridized carbons (Fsp3) is 0.429. The monoisotopic (exact) mass is 382 g/mol. The minimum atomic E-state index is -0.0874. The summed E-state index contributed by atoms with van der Waals surface area (Å²) in [5.41, 5.74) is 4.14. The van der Waals surface area contributed by atoms with Crippen molar-refractivity contribution in [2.75, 3.05) is 40.0 Å². The lowest BCUT2D eigenvalue weighted by molar-refractivity contribution is 0.0374.